The molecule has 0 heterocycles. The number of amides is 1. The molecule has 1 aliphatic carbocycles. The van der Waals surface area contributed by atoms with Crippen molar-refractivity contribution in [3.63, 3.8) is 0 Å². The highest BCUT2D eigenvalue weighted by Crippen LogP contribution is 2.32. The molecule has 1 aliphatic rings. The van der Waals surface area contributed by atoms with Crippen molar-refractivity contribution >= 4 is 11.9 Å². The summed E-state index contributed by atoms with van der Waals surface area (Å²) < 4.78 is 0. The Morgan fingerprint density at radius 3 is 2.50 bits per heavy atom. The molecule has 0 aliphatic heterocycles. The molecular formula is C11H19NO4. The van der Waals surface area contributed by atoms with E-state index in [0.717, 1.165) is 6.42 Å². The van der Waals surface area contributed by atoms with Gasteiger partial charge in [0.05, 0.1) is 24.5 Å². The lowest BCUT2D eigenvalue weighted by molar-refractivity contribution is -0.146. The average Bonchev–Trinajstić information content (AvgIpc) is 2.74. The Kier molecular flexibility index (Phi) is 4.73. The molecule has 2 unspecified atom stereocenters. The molecule has 3 N–H and O–H groups in total. The average molecular weight is 229 g/mol. The van der Waals surface area contributed by atoms with E-state index in [4.69, 9.17) is 10.2 Å². The van der Waals surface area contributed by atoms with Crippen molar-refractivity contribution in [3.05, 3.63) is 0 Å². The number of aliphatic hydroxyl groups excluding tert-OH is 1. The van der Waals surface area contributed by atoms with Gasteiger partial charge in [0.2, 0.25) is 5.91 Å². The highest BCUT2D eigenvalue weighted by molar-refractivity contribution is 5.85. The van der Waals surface area contributed by atoms with Crippen molar-refractivity contribution in [2.24, 2.45) is 11.8 Å². The van der Waals surface area contributed by atoms with E-state index in [0.29, 0.717) is 19.3 Å². The topological polar surface area (TPSA) is 86.6 Å². The van der Waals surface area contributed by atoms with E-state index >= 15 is 0 Å². The summed E-state index contributed by atoms with van der Waals surface area (Å²) >= 11 is 0. The molecule has 0 spiro atoms. The maximum Gasteiger partial charge on any atom is 0.307 e. The van der Waals surface area contributed by atoms with Crippen molar-refractivity contribution in [2.45, 2.75) is 38.6 Å². The normalized spacial score (nSPS) is 26.4. The van der Waals surface area contributed by atoms with E-state index in [1.807, 2.05) is 6.92 Å². The quantitative estimate of drug-likeness (QED) is 0.636. The number of rotatable bonds is 5. The molecule has 0 bridgehead atoms. The molecule has 0 radical (unpaired) electrons. The van der Waals surface area contributed by atoms with Crippen LogP contribution in [0.25, 0.3) is 0 Å². The minimum absolute atomic E-state index is 0.104. The lowest BCUT2D eigenvalue weighted by atomic mass is 9.95. The van der Waals surface area contributed by atoms with E-state index < -0.39 is 17.8 Å². The number of carboxylic acid groups (broad SMARTS) is 1. The second-order valence-corrected chi connectivity index (χ2v) is 4.28. The van der Waals surface area contributed by atoms with Crippen LogP contribution < -0.4 is 5.32 Å². The van der Waals surface area contributed by atoms with Crippen molar-refractivity contribution in [3.8, 4) is 0 Å². The van der Waals surface area contributed by atoms with Crippen LogP contribution >= 0.6 is 0 Å². The third-order valence-corrected chi connectivity index (χ3v) is 3.23. The van der Waals surface area contributed by atoms with E-state index in [1.165, 1.54) is 0 Å². The van der Waals surface area contributed by atoms with E-state index in [2.05, 4.69) is 5.32 Å². The lowest BCUT2D eigenvalue weighted by Gasteiger charge is -2.19. The summed E-state index contributed by atoms with van der Waals surface area (Å²) in [6.45, 7) is 1.76. The summed E-state index contributed by atoms with van der Waals surface area (Å²) in [4.78, 5) is 22.7. The first-order valence-electron chi connectivity index (χ1n) is 5.74. The number of carbonyl (C=O) groups excluding carboxylic acids is 1. The molecule has 1 rings (SSSR count). The van der Waals surface area contributed by atoms with Crippen LogP contribution in [0.3, 0.4) is 0 Å². The number of nitrogens with one attached hydrogen (secondary N) is 1. The molecule has 3 atom stereocenters. The van der Waals surface area contributed by atoms with Crippen LogP contribution in [0.15, 0.2) is 0 Å². The SMILES string of the molecule is CC[C@H](CO)NC(=O)C1CCCC1C(=O)O. The van der Waals surface area contributed by atoms with Gasteiger partial charge in [0.15, 0.2) is 0 Å². The molecular weight excluding hydrogens is 210 g/mol. The highest BCUT2D eigenvalue weighted by Gasteiger charge is 2.38. The van der Waals surface area contributed by atoms with Gasteiger partial charge in [-0.2, -0.15) is 0 Å². The summed E-state index contributed by atoms with van der Waals surface area (Å²) in [6.07, 6.45) is 2.63. The third-order valence-electron chi connectivity index (χ3n) is 3.23. The van der Waals surface area contributed by atoms with Crippen LogP contribution in [-0.2, 0) is 9.59 Å². The number of hydrogen-bond donors (Lipinski definition) is 3. The van der Waals surface area contributed by atoms with Gasteiger partial charge >= 0.3 is 5.97 Å². The standard InChI is InChI=1S/C11H19NO4/c1-2-7(6-13)12-10(14)8-4-3-5-9(8)11(15)16/h7-9,13H,2-6H2,1H3,(H,12,14)(H,15,16)/t7-,8?,9?/m1/s1. The van der Waals surface area contributed by atoms with Gasteiger partial charge in [0.1, 0.15) is 0 Å². The van der Waals surface area contributed by atoms with Crippen LogP contribution in [0.1, 0.15) is 32.6 Å². The van der Waals surface area contributed by atoms with Gasteiger partial charge < -0.3 is 15.5 Å². The Bertz CT molecular complexity index is 263. The zero-order valence-corrected chi connectivity index (χ0v) is 9.48. The minimum atomic E-state index is -0.894. The van der Waals surface area contributed by atoms with Gasteiger partial charge in [-0.25, -0.2) is 0 Å². The molecule has 0 aromatic rings. The van der Waals surface area contributed by atoms with Gasteiger partial charge in [-0.1, -0.05) is 13.3 Å². The maximum atomic E-state index is 11.8. The Labute approximate surface area is 94.8 Å². The number of carbonyl (C=O) groups is 2. The zero-order valence-electron chi connectivity index (χ0n) is 9.48. The molecule has 16 heavy (non-hydrogen) atoms. The van der Waals surface area contributed by atoms with Gasteiger partial charge in [-0.3, -0.25) is 9.59 Å². The third kappa shape index (κ3) is 2.95. The lowest BCUT2D eigenvalue weighted by Crippen LogP contribution is -2.42. The molecule has 92 valence electrons. The van der Waals surface area contributed by atoms with Crippen molar-refractivity contribution in [2.75, 3.05) is 6.61 Å². The first-order chi connectivity index (χ1) is 7.60. The Hall–Kier alpha value is -1.10. The highest BCUT2D eigenvalue weighted by atomic mass is 16.4. The van der Waals surface area contributed by atoms with Crippen molar-refractivity contribution < 1.29 is 19.8 Å². The van der Waals surface area contributed by atoms with Crippen LogP contribution in [0.2, 0.25) is 0 Å². The molecule has 0 aromatic carbocycles. The van der Waals surface area contributed by atoms with Crippen LogP contribution in [-0.4, -0.2) is 34.7 Å². The second-order valence-electron chi connectivity index (χ2n) is 4.28. The number of carboxylic acids is 1. The van der Waals surface area contributed by atoms with Gasteiger partial charge in [0, 0.05) is 0 Å². The fourth-order valence-corrected chi connectivity index (χ4v) is 2.15. The fourth-order valence-electron chi connectivity index (χ4n) is 2.15. The van der Waals surface area contributed by atoms with Crippen LogP contribution in [0.5, 0.6) is 0 Å². The van der Waals surface area contributed by atoms with Gasteiger partial charge in [-0.15, -0.1) is 0 Å². The molecule has 1 saturated carbocycles. The molecule has 5 heteroatoms. The van der Waals surface area contributed by atoms with E-state index in [9.17, 15) is 9.59 Å². The van der Waals surface area contributed by atoms with E-state index in [-0.39, 0.29) is 18.6 Å². The number of aliphatic hydroxyl groups is 1. The fraction of sp³-hybridized carbons (Fsp3) is 0.818. The zero-order chi connectivity index (χ0) is 12.1. The minimum Gasteiger partial charge on any atom is -0.481 e. The molecule has 0 saturated heterocycles. The Morgan fingerprint density at radius 2 is 2.00 bits per heavy atom. The molecule has 0 aromatic heterocycles. The first-order valence-corrected chi connectivity index (χ1v) is 5.74. The van der Waals surface area contributed by atoms with Gasteiger partial charge in [-0.05, 0) is 19.3 Å². The second kappa shape index (κ2) is 5.84. The van der Waals surface area contributed by atoms with Gasteiger partial charge in [0.25, 0.3) is 0 Å². The van der Waals surface area contributed by atoms with E-state index in [1.54, 1.807) is 0 Å². The first kappa shape index (κ1) is 13.0. The summed E-state index contributed by atoms with van der Waals surface area (Å²) in [5, 5.41) is 20.6. The molecule has 1 fully saturated rings. The smallest absolute Gasteiger partial charge is 0.307 e. The number of hydrogen-bond acceptors (Lipinski definition) is 3. The monoisotopic (exact) mass is 229 g/mol. The molecule has 1 amide bonds. The summed E-state index contributed by atoms with van der Waals surface area (Å²) in [5.74, 6) is -2.12. The Balaban J connectivity index is 2.56. The largest absolute Gasteiger partial charge is 0.481 e. The van der Waals surface area contributed by atoms with Crippen LogP contribution in [0.4, 0.5) is 0 Å². The Morgan fingerprint density at radius 1 is 1.38 bits per heavy atom. The summed E-state index contributed by atoms with van der Waals surface area (Å²) in [6, 6.07) is -0.262. The van der Waals surface area contributed by atoms with Crippen molar-refractivity contribution in [1.82, 2.24) is 5.32 Å². The molecule has 5 nitrogen and oxygen atoms in total. The number of aliphatic carboxylic acids is 1. The maximum absolute atomic E-state index is 11.8. The van der Waals surface area contributed by atoms with Crippen molar-refractivity contribution in [1.29, 1.82) is 0 Å². The predicted molar refractivity (Wildman–Crippen MR) is 57.8 cm³/mol. The predicted octanol–water partition coefficient (Wildman–Crippen LogP) is 0.374. The summed E-state index contributed by atoms with van der Waals surface area (Å²) in [5.41, 5.74) is 0. The van der Waals surface area contributed by atoms with Crippen LogP contribution in [0, 0.1) is 11.8 Å². The summed E-state index contributed by atoms with van der Waals surface area (Å²) in [7, 11) is 0.